The first kappa shape index (κ1) is 24.9. The minimum absolute atomic E-state index is 0.130. The number of amides is 1. The van der Waals surface area contributed by atoms with Gasteiger partial charge in [0.15, 0.2) is 23.0 Å². The largest absolute Gasteiger partial charge is 0.493 e. The van der Waals surface area contributed by atoms with Gasteiger partial charge >= 0.3 is 0 Å². The second-order valence-corrected chi connectivity index (χ2v) is 8.83. The Labute approximate surface area is 210 Å². The average Bonchev–Trinajstić information content (AvgIpc) is 2.83. The number of ether oxygens (including phenoxy) is 4. The fraction of sp³-hybridized carbons (Fsp3) is 0.240. The molecule has 3 aromatic carbocycles. The molecular weight excluding hydrogens is 554 g/mol. The maximum atomic E-state index is 13.1. The van der Waals surface area contributed by atoms with Crippen LogP contribution in [0.1, 0.15) is 22.7 Å². The maximum Gasteiger partial charge on any atom is 0.225 e. The van der Waals surface area contributed by atoms with Crippen LogP contribution < -0.4 is 24.3 Å². The van der Waals surface area contributed by atoms with Gasteiger partial charge in [-0.2, -0.15) is 0 Å². The second kappa shape index (κ2) is 11.4. The molecule has 0 aliphatic heterocycles. The van der Waals surface area contributed by atoms with Crippen molar-refractivity contribution in [3.63, 3.8) is 0 Å². The Hall–Kier alpha value is -2.71. The van der Waals surface area contributed by atoms with Crippen molar-refractivity contribution in [1.29, 1.82) is 0 Å². The predicted molar refractivity (Wildman–Crippen MR) is 135 cm³/mol. The van der Waals surface area contributed by atoms with Crippen molar-refractivity contribution in [2.24, 2.45) is 0 Å². The van der Waals surface area contributed by atoms with Crippen molar-refractivity contribution in [2.45, 2.75) is 12.5 Å². The fourth-order valence-electron chi connectivity index (χ4n) is 3.50. The van der Waals surface area contributed by atoms with Gasteiger partial charge in [0.1, 0.15) is 0 Å². The molecule has 0 spiro atoms. The average molecular weight is 579 g/mol. The Balaban J connectivity index is 2.10. The van der Waals surface area contributed by atoms with Crippen LogP contribution in [0.2, 0.25) is 0 Å². The van der Waals surface area contributed by atoms with E-state index < -0.39 is 6.04 Å². The number of carbonyl (C=O) groups excluding carboxylic acids is 1. The molecule has 3 aromatic rings. The number of nitrogens with one attached hydrogen (secondary N) is 1. The van der Waals surface area contributed by atoms with Gasteiger partial charge in [0.25, 0.3) is 0 Å². The lowest BCUT2D eigenvalue weighted by Gasteiger charge is -2.24. The number of rotatable bonds is 9. The molecule has 1 N–H and O–H groups in total. The molecule has 33 heavy (non-hydrogen) atoms. The molecule has 0 aliphatic rings. The van der Waals surface area contributed by atoms with E-state index in [2.05, 4.69) is 37.2 Å². The summed E-state index contributed by atoms with van der Waals surface area (Å²) in [5.41, 5.74) is 2.51. The van der Waals surface area contributed by atoms with Crippen molar-refractivity contribution in [3.05, 3.63) is 80.2 Å². The highest BCUT2D eigenvalue weighted by atomic mass is 79.9. The summed E-state index contributed by atoms with van der Waals surface area (Å²) in [6.45, 7) is 0. The summed E-state index contributed by atoms with van der Waals surface area (Å²) in [5, 5.41) is 3.17. The van der Waals surface area contributed by atoms with Gasteiger partial charge in [0.05, 0.1) is 40.9 Å². The van der Waals surface area contributed by atoms with Crippen LogP contribution in [-0.4, -0.2) is 34.3 Å². The third-order valence-corrected chi connectivity index (χ3v) is 6.51. The van der Waals surface area contributed by atoms with Crippen molar-refractivity contribution in [1.82, 2.24) is 5.32 Å². The molecule has 0 saturated heterocycles. The van der Waals surface area contributed by atoms with Gasteiger partial charge in [-0.1, -0.05) is 62.2 Å². The van der Waals surface area contributed by atoms with Crippen LogP contribution in [0.15, 0.2) is 63.5 Å². The second-order valence-electron chi connectivity index (χ2n) is 7.12. The summed E-state index contributed by atoms with van der Waals surface area (Å²) in [4.78, 5) is 13.1. The molecular formula is C25H25Br2NO5. The van der Waals surface area contributed by atoms with E-state index >= 15 is 0 Å². The van der Waals surface area contributed by atoms with Crippen LogP contribution >= 0.6 is 31.9 Å². The number of hydrogen-bond acceptors (Lipinski definition) is 5. The van der Waals surface area contributed by atoms with E-state index in [1.165, 1.54) is 0 Å². The van der Waals surface area contributed by atoms with E-state index in [1.807, 2.05) is 54.6 Å². The van der Waals surface area contributed by atoms with Gasteiger partial charge in [-0.3, -0.25) is 4.79 Å². The van der Waals surface area contributed by atoms with Gasteiger partial charge < -0.3 is 24.3 Å². The molecule has 0 unspecified atom stereocenters. The topological polar surface area (TPSA) is 66.0 Å². The molecule has 8 heteroatoms. The highest BCUT2D eigenvalue weighted by Crippen LogP contribution is 2.42. The molecule has 3 rings (SSSR count). The SMILES string of the molecule is COc1cc(Br)c(C(NC(=O)Cc2ccccc2)c2cc(OC)c(OC)cc2Br)cc1OC. The summed E-state index contributed by atoms with van der Waals surface area (Å²) in [6.07, 6.45) is 0.243. The normalized spacial score (nSPS) is 10.6. The molecule has 0 aliphatic carbocycles. The number of methoxy groups -OCH3 is 4. The zero-order valence-corrected chi connectivity index (χ0v) is 21.9. The summed E-state index contributed by atoms with van der Waals surface area (Å²) in [6, 6.07) is 16.4. The molecule has 0 heterocycles. The van der Waals surface area contributed by atoms with Crippen molar-refractivity contribution >= 4 is 37.8 Å². The number of hydrogen-bond donors (Lipinski definition) is 1. The smallest absolute Gasteiger partial charge is 0.225 e. The van der Waals surface area contributed by atoms with Crippen molar-refractivity contribution in [2.75, 3.05) is 28.4 Å². The lowest BCUT2D eigenvalue weighted by atomic mass is 9.97. The van der Waals surface area contributed by atoms with Gasteiger partial charge in [-0.25, -0.2) is 0 Å². The third kappa shape index (κ3) is 5.81. The maximum absolute atomic E-state index is 13.1. The van der Waals surface area contributed by atoms with Crippen LogP contribution in [0.25, 0.3) is 0 Å². The Kier molecular flexibility index (Phi) is 8.63. The summed E-state index contributed by atoms with van der Waals surface area (Å²) in [5.74, 6) is 2.13. The number of halogens is 2. The first-order valence-electron chi connectivity index (χ1n) is 10.1. The van der Waals surface area contributed by atoms with E-state index in [4.69, 9.17) is 18.9 Å². The zero-order chi connectivity index (χ0) is 24.0. The fourth-order valence-corrected chi connectivity index (χ4v) is 4.60. The predicted octanol–water partition coefficient (Wildman–Crippen LogP) is 5.69. The van der Waals surface area contributed by atoms with Crippen LogP contribution in [0.5, 0.6) is 23.0 Å². The van der Waals surface area contributed by atoms with E-state index in [0.29, 0.717) is 23.0 Å². The highest BCUT2D eigenvalue weighted by Gasteiger charge is 2.25. The van der Waals surface area contributed by atoms with Crippen LogP contribution in [0.3, 0.4) is 0 Å². The number of benzene rings is 3. The highest BCUT2D eigenvalue weighted by molar-refractivity contribution is 9.10. The number of carbonyl (C=O) groups is 1. The summed E-state index contributed by atoms with van der Waals surface area (Å²) in [7, 11) is 6.30. The van der Waals surface area contributed by atoms with E-state index in [-0.39, 0.29) is 12.3 Å². The first-order valence-corrected chi connectivity index (χ1v) is 11.7. The summed E-state index contributed by atoms with van der Waals surface area (Å²) >= 11 is 7.27. The van der Waals surface area contributed by atoms with Crippen LogP contribution in [0.4, 0.5) is 0 Å². The lowest BCUT2D eigenvalue weighted by Crippen LogP contribution is -2.31. The van der Waals surface area contributed by atoms with E-state index in [9.17, 15) is 4.79 Å². The molecule has 0 radical (unpaired) electrons. The first-order chi connectivity index (χ1) is 15.9. The zero-order valence-electron chi connectivity index (χ0n) is 18.8. The Morgan fingerprint density at radius 1 is 0.758 bits per heavy atom. The minimum Gasteiger partial charge on any atom is -0.493 e. The quantitative estimate of drug-likeness (QED) is 0.353. The Morgan fingerprint density at radius 3 is 1.61 bits per heavy atom. The van der Waals surface area contributed by atoms with Crippen LogP contribution in [-0.2, 0) is 11.2 Å². The molecule has 0 aromatic heterocycles. The molecule has 0 bridgehead atoms. The Morgan fingerprint density at radius 2 is 1.18 bits per heavy atom. The van der Waals surface area contributed by atoms with Crippen molar-refractivity contribution in [3.8, 4) is 23.0 Å². The van der Waals surface area contributed by atoms with E-state index in [0.717, 1.165) is 25.6 Å². The summed E-state index contributed by atoms with van der Waals surface area (Å²) < 4.78 is 23.4. The van der Waals surface area contributed by atoms with Gasteiger partial charge in [-0.05, 0) is 41.0 Å². The lowest BCUT2D eigenvalue weighted by molar-refractivity contribution is -0.120. The monoisotopic (exact) mass is 577 g/mol. The molecule has 6 nitrogen and oxygen atoms in total. The van der Waals surface area contributed by atoms with Crippen LogP contribution in [0, 0.1) is 0 Å². The molecule has 1 amide bonds. The van der Waals surface area contributed by atoms with Gasteiger partial charge in [0.2, 0.25) is 5.91 Å². The van der Waals surface area contributed by atoms with Crippen molar-refractivity contribution < 1.29 is 23.7 Å². The molecule has 0 fully saturated rings. The molecule has 174 valence electrons. The third-order valence-electron chi connectivity index (χ3n) is 5.14. The van der Waals surface area contributed by atoms with E-state index in [1.54, 1.807) is 28.4 Å². The Bertz CT molecular complexity index is 1060. The standard InChI is InChI=1S/C25H25Br2NO5/c1-30-20-11-16(18(26)13-22(20)32-3)25(28-24(29)10-15-8-6-5-7-9-15)17-12-21(31-2)23(33-4)14-19(17)27/h5-9,11-14,25H,10H2,1-4H3,(H,28,29). The van der Waals surface area contributed by atoms with Gasteiger partial charge in [0, 0.05) is 8.95 Å². The minimum atomic E-state index is -0.524. The van der Waals surface area contributed by atoms with Gasteiger partial charge in [-0.15, -0.1) is 0 Å². The molecule has 0 saturated carbocycles. The molecule has 0 atom stereocenters.